The van der Waals surface area contributed by atoms with E-state index in [-0.39, 0.29) is 29.2 Å². The van der Waals surface area contributed by atoms with Gasteiger partial charge in [-0.05, 0) is 54.7 Å². The van der Waals surface area contributed by atoms with Gasteiger partial charge in [-0.25, -0.2) is 0 Å². The number of carbonyl (C=O) groups is 3. The van der Waals surface area contributed by atoms with Crippen LogP contribution in [-0.2, 0) is 15.8 Å². The van der Waals surface area contributed by atoms with E-state index in [1.54, 1.807) is 12.1 Å². The zero-order valence-corrected chi connectivity index (χ0v) is 18.3. The first-order valence-electron chi connectivity index (χ1n) is 11.5. The number of rotatable bonds is 3. The molecule has 2 N–H and O–H groups in total. The van der Waals surface area contributed by atoms with Gasteiger partial charge in [-0.15, -0.1) is 0 Å². The van der Waals surface area contributed by atoms with Gasteiger partial charge in [0.05, 0.1) is 22.9 Å². The van der Waals surface area contributed by atoms with E-state index in [2.05, 4.69) is 10.6 Å². The fraction of sp³-hybridized carbons (Fsp3) is 0.400. The Kier molecular flexibility index (Phi) is 5.58. The van der Waals surface area contributed by atoms with Crippen LogP contribution in [-0.4, -0.2) is 41.2 Å². The van der Waals surface area contributed by atoms with E-state index >= 15 is 0 Å². The third kappa shape index (κ3) is 4.03. The highest BCUT2D eigenvalue weighted by atomic mass is 19.4. The van der Waals surface area contributed by atoms with Gasteiger partial charge in [-0.2, -0.15) is 13.2 Å². The van der Waals surface area contributed by atoms with Crippen molar-refractivity contribution in [2.24, 2.45) is 5.92 Å². The van der Waals surface area contributed by atoms with Gasteiger partial charge in [-0.3, -0.25) is 14.4 Å². The Morgan fingerprint density at radius 2 is 1.74 bits per heavy atom. The van der Waals surface area contributed by atoms with Crippen LogP contribution in [0.1, 0.15) is 48.0 Å². The highest BCUT2D eigenvalue weighted by Crippen LogP contribution is 2.35. The molecule has 2 heterocycles. The van der Waals surface area contributed by atoms with Gasteiger partial charge < -0.3 is 15.5 Å². The van der Waals surface area contributed by atoms with Crippen LogP contribution in [0.2, 0.25) is 0 Å². The molecule has 0 spiro atoms. The Balaban J connectivity index is 1.42. The molecule has 3 aliphatic rings. The van der Waals surface area contributed by atoms with Crippen LogP contribution in [0.5, 0.6) is 0 Å². The summed E-state index contributed by atoms with van der Waals surface area (Å²) >= 11 is 0. The largest absolute Gasteiger partial charge is 0.416 e. The number of nitrogens with one attached hydrogen (secondary N) is 2. The number of benzene rings is 2. The Bertz CT molecular complexity index is 1160. The second kappa shape index (κ2) is 8.45. The van der Waals surface area contributed by atoms with Crippen molar-refractivity contribution in [1.82, 2.24) is 10.2 Å². The summed E-state index contributed by atoms with van der Waals surface area (Å²) in [6, 6.07) is 8.22. The highest BCUT2D eigenvalue weighted by molar-refractivity contribution is 6.11. The second-order valence-corrected chi connectivity index (χ2v) is 9.16. The van der Waals surface area contributed by atoms with Gasteiger partial charge in [0, 0.05) is 12.5 Å². The third-order valence-electron chi connectivity index (χ3n) is 7.01. The fourth-order valence-corrected chi connectivity index (χ4v) is 5.23. The van der Waals surface area contributed by atoms with Crippen LogP contribution < -0.4 is 10.6 Å². The summed E-state index contributed by atoms with van der Waals surface area (Å²) in [5.74, 6) is -0.887. The summed E-state index contributed by atoms with van der Waals surface area (Å²) < 4.78 is 39.5. The van der Waals surface area contributed by atoms with Crippen molar-refractivity contribution in [3.63, 3.8) is 0 Å². The van der Waals surface area contributed by atoms with Crippen LogP contribution in [0, 0.1) is 5.92 Å². The van der Waals surface area contributed by atoms with Crippen LogP contribution in [0.3, 0.4) is 0 Å². The van der Waals surface area contributed by atoms with Crippen molar-refractivity contribution >= 4 is 23.4 Å². The van der Waals surface area contributed by atoms with Crippen LogP contribution in [0.4, 0.5) is 18.9 Å². The number of halogens is 3. The highest BCUT2D eigenvalue weighted by Gasteiger charge is 2.46. The molecular weight excluding hydrogens is 447 g/mol. The molecule has 2 atom stereocenters. The molecule has 2 aromatic carbocycles. The molecule has 1 aliphatic carbocycles. The van der Waals surface area contributed by atoms with Crippen molar-refractivity contribution in [1.29, 1.82) is 0 Å². The molecule has 0 bridgehead atoms. The average Bonchev–Trinajstić information content (AvgIpc) is 3.47. The van der Waals surface area contributed by atoms with Crippen molar-refractivity contribution in [2.75, 3.05) is 11.9 Å². The normalized spacial score (nSPS) is 22.7. The topological polar surface area (TPSA) is 78.5 Å². The maximum atomic E-state index is 13.4. The number of hydrogen-bond acceptors (Lipinski definition) is 3. The lowest BCUT2D eigenvalue weighted by molar-refractivity contribution is -0.137. The lowest BCUT2D eigenvalue weighted by atomic mass is 9.99. The average molecular weight is 471 g/mol. The van der Waals surface area contributed by atoms with Gasteiger partial charge in [-0.1, -0.05) is 31.0 Å². The first-order valence-corrected chi connectivity index (χ1v) is 11.5. The van der Waals surface area contributed by atoms with E-state index in [9.17, 15) is 27.6 Å². The summed E-state index contributed by atoms with van der Waals surface area (Å²) in [6.07, 6.45) is -0.317. The van der Waals surface area contributed by atoms with Crippen molar-refractivity contribution in [2.45, 2.75) is 50.4 Å². The van der Waals surface area contributed by atoms with Gasteiger partial charge in [0.15, 0.2) is 0 Å². The number of carbonyl (C=O) groups excluding carboxylic acids is 3. The molecule has 3 amide bonds. The molecule has 178 valence electrons. The van der Waals surface area contributed by atoms with Crippen molar-refractivity contribution < 1.29 is 27.6 Å². The minimum Gasteiger partial charge on any atom is -0.350 e. The number of hydrogen-bond donors (Lipinski definition) is 2. The maximum Gasteiger partial charge on any atom is 0.416 e. The van der Waals surface area contributed by atoms with Crippen molar-refractivity contribution in [3.05, 3.63) is 53.6 Å². The fourth-order valence-electron chi connectivity index (χ4n) is 5.23. The molecule has 34 heavy (non-hydrogen) atoms. The SMILES string of the molecule is O=C(N[C@H]1CCN2C(=O)c3cc(-c4cccc(C(F)(F)F)c4)ccc3NC(=O)[C@H]12)C1CCCC1. The van der Waals surface area contributed by atoms with Gasteiger partial charge in [0.25, 0.3) is 5.91 Å². The zero-order chi connectivity index (χ0) is 24.0. The summed E-state index contributed by atoms with van der Waals surface area (Å²) in [7, 11) is 0. The Labute approximate surface area is 194 Å². The monoisotopic (exact) mass is 471 g/mol. The molecule has 2 aliphatic heterocycles. The minimum atomic E-state index is -4.48. The zero-order valence-electron chi connectivity index (χ0n) is 18.3. The van der Waals surface area contributed by atoms with E-state index in [1.165, 1.54) is 23.1 Å². The molecule has 9 heteroatoms. The number of amides is 3. The standard InChI is InChI=1S/C25H24F3N3O3/c26-25(27,28)17-7-3-6-15(12-17)16-8-9-19-18(13-16)24(34)31-11-10-20(21(31)23(33)29-19)30-22(32)14-4-1-2-5-14/h3,6-9,12-14,20-21H,1-2,4-5,10-11H2,(H,29,33)(H,30,32)/t20-,21-/m0/s1. The summed E-state index contributed by atoms with van der Waals surface area (Å²) in [5, 5.41) is 5.76. The molecule has 0 radical (unpaired) electrons. The molecular formula is C25H24F3N3O3. The van der Waals surface area contributed by atoms with Gasteiger partial charge >= 0.3 is 6.18 Å². The van der Waals surface area contributed by atoms with Crippen LogP contribution in [0.15, 0.2) is 42.5 Å². The van der Waals surface area contributed by atoms with Crippen LogP contribution in [0.25, 0.3) is 11.1 Å². The predicted molar refractivity (Wildman–Crippen MR) is 119 cm³/mol. The van der Waals surface area contributed by atoms with E-state index in [1.807, 2.05) is 0 Å². The molecule has 1 saturated heterocycles. The second-order valence-electron chi connectivity index (χ2n) is 9.16. The molecule has 2 aromatic rings. The summed E-state index contributed by atoms with van der Waals surface area (Å²) in [6.45, 7) is 0.305. The third-order valence-corrected chi connectivity index (χ3v) is 7.01. The van der Waals surface area contributed by atoms with E-state index in [0.29, 0.717) is 29.8 Å². The Hall–Kier alpha value is -3.36. The van der Waals surface area contributed by atoms with Crippen molar-refractivity contribution in [3.8, 4) is 11.1 Å². The summed E-state index contributed by atoms with van der Waals surface area (Å²) in [4.78, 5) is 40.5. The first kappa shape index (κ1) is 22.4. The van der Waals surface area contributed by atoms with E-state index in [4.69, 9.17) is 0 Å². The van der Waals surface area contributed by atoms with Gasteiger partial charge in [0.2, 0.25) is 11.8 Å². The number of alkyl halides is 3. The number of nitrogens with zero attached hydrogens (tertiary/aromatic N) is 1. The molecule has 0 aromatic heterocycles. The van der Waals surface area contributed by atoms with Gasteiger partial charge in [0.1, 0.15) is 6.04 Å². The van der Waals surface area contributed by atoms with E-state index in [0.717, 1.165) is 37.8 Å². The lowest BCUT2D eigenvalue weighted by Crippen LogP contribution is -2.52. The number of anilines is 1. The quantitative estimate of drug-likeness (QED) is 0.704. The molecule has 5 rings (SSSR count). The number of fused-ring (bicyclic) bond motifs is 2. The van der Waals surface area contributed by atoms with Crippen LogP contribution >= 0.6 is 0 Å². The maximum absolute atomic E-state index is 13.4. The minimum absolute atomic E-state index is 0.0502. The molecule has 1 saturated carbocycles. The molecule has 0 unspecified atom stereocenters. The molecule has 2 fully saturated rings. The first-order chi connectivity index (χ1) is 16.2. The molecule has 6 nitrogen and oxygen atoms in total. The lowest BCUT2D eigenvalue weighted by Gasteiger charge is -2.25. The Morgan fingerprint density at radius 3 is 2.47 bits per heavy atom. The van der Waals surface area contributed by atoms with E-state index < -0.39 is 23.8 Å². The predicted octanol–water partition coefficient (Wildman–Crippen LogP) is 4.21. The smallest absolute Gasteiger partial charge is 0.350 e. The Morgan fingerprint density at radius 1 is 1.00 bits per heavy atom. The summed E-state index contributed by atoms with van der Waals surface area (Å²) in [5.41, 5.74) is 0.506.